The summed E-state index contributed by atoms with van der Waals surface area (Å²) in [5.74, 6) is -0.960. The van der Waals surface area contributed by atoms with Gasteiger partial charge < -0.3 is 4.74 Å². The van der Waals surface area contributed by atoms with Crippen LogP contribution in [0.4, 0.5) is 5.69 Å². The van der Waals surface area contributed by atoms with Crippen LogP contribution in [0.3, 0.4) is 0 Å². The summed E-state index contributed by atoms with van der Waals surface area (Å²) in [4.78, 5) is 35.8. The van der Waals surface area contributed by atoms with Gasteiger partial charge in [-0.25, -0.2) is 10.2 Å². The van der Waals surface area contributed by atoms with Crippen molar-refractivity contribution in [3.05, 3.63) is 142 Å². The Balaban J connectivity index is 1.27. The maximum atomic E-state index is 13.0. The highest BCUT2D eigenvalue weighted by Crippen LogP contribution is 2.36. The molecule has 1 heterocycles. The molecule has 5 rings (SSSR count). The number of rotatable bonds is 8. The molecular weight excluding hydrogens is 510 g/mol. The Morgan fingerprint density at radius 2 is 1.50 bits per heavy atom. The second-order valence-electron chi connectivity index (χ2n) is 8.91. The average molecular weight is 534 g/mol. The number of benzene rings is 4. The van der Waals surface area contributed by atoms with E-state index in [1.807, 2.05) is 60.7 Å². The number of non-ortho nitro benzene ring substituents is 1. The Morgan fingerprint density at radius 1 is 0.900 bits per heavy atom. The standard InChI is InChI=1S/C30H23N5O5/c36-28(26-19-30(34-32-26,23-10-3-1-4-11-23)24-12-5-2-6-13-24)33-31-20-22-9-7-8-14-27(22)40-29(37)21-15-17-25(18-16-21)35(38)39/h1-18,20,34H,19H2,(H,33,36). The van der Waals surface area contributed by atoms with Gasteiger partial charge in [0.1, 0.15) is 17.0 Å². The lowest BCUT2D eigenvalue weighted by Crippen LogP contribution is -2.38. The van der Waals surface area contributed by atoms with Crippen molar-refractivity contribution < 1.29 is 19.2 Å². The molecule has 1 aliphatic heterocycles. The number of nitro groups is 1. The van der Waals surface area contributed by atoms with E-state index >= 15 is 0 Å². The van der Waals surface area contributed by atoms with Crippen LogP contribution >= 0.6 is 0 Å². The fourth-order valence-corrected chi connectivity index (χ4v) is 4.35. The number of nitrogens with one attached hydrogen (secondary N) is 2. The molecule has 1 aliphatic rings. The van der Waals surface area contributed by atoms with Gasteiger partial charge in [0.25, 0.3) is 11.6 Å². The molecule has 0 spiro atoms. The summed E-state index contributed by atoms with van der Waals surface area (Å²) in [6.45, 7) is 0. The lowest BCUT2D eigenvalue weighted by Gasteiger charge is -2.30. The molecule has 198 valence electrons. The zero-order valence-electron chi connectivity index (χ0n) is 21.1. The Labute approximate surface area is 229 Å². The number of esters is 1. The molecule has 0 aliphatic carbocycles. The maximum absolute atomic E-state index is 13.0. The highest BCUT2D eigenvalue weighted by atomic mass is 16.6. The minimum atomic E-state index is -0.697. The third-order valence-electron chi connectivity index (χ3n) is 6.41. The molecule has 1 amide bonds. The Kier molecular flexibility index (Phi) is 7.41. The molecule has 0 saturated heterocycles. The quantitative estimate of drug-likeness (QED) is 0.112. The zero-order valence-corrected chi connectivity index (χ0v) is 21.1. The third-order valence-corrected chi connectivity index (χ3v) is 6.41. The minimum Gasteiger partial charge on any atom is -0.422 e. The van der Waals surface area contributed by atoms with Crippen molar-refractivity contribution in [2.45, 2.75) is 12.0 Å². The number of carbonyl (C=O) groups is 2. The summed E-state index contributed by atoms with van der Waals surface area (Å²) < 4.78 is 5.47. The van der Waals surface area contributed by atoms with Gasteiger partial charge in [0.15, 0.2) is 0 Å². The molecule has 4 aromatic rings. The van der Waals surface area contributed by atoms with Crippen LogP contribution in [0.1, 0.15) is 33.5 Å². The van der Waals surface area contributed by atoms with Crippen LogP contribution in [0.25, 0.3) is 0 Å². The number of ether oxygens (including phenoxy) is 1. The van der Waals surface area contributed by atoms with Crippen LogP contribution in [0.5, 0.6) is 5.75 Å². The smallest absolute Gasteiger partial charge is 0.343 e. The van der Waals surface area contributed by atoms with Gasteiger partial charge in [0, 0.05) is 24.1 Å². The Bertz CT molecular complexity index is 1560. The van der Waals surface area contributed by atoms with E-state index in [1.165, 1.54) is 30.5 Å². The summed E-state index contributed by atoms with van der Waals surface area (Å²) >= 11 is 0. The second-order valence-corrected chi connectivity index (χ2v) is 8.91. The first-order chi connectivity index (χ1) is 19.5. The molecule has 10 heteroatoms. The molecular formula is C30H23N5O5. The van der Waals surface area contributed by atoms with E-state index in [0.29, 0.717) is 12.0 Å². The Hall–Kier alpha value is -5.64. The average Bonchev–Trinajstić information content (AvgIpc) is 3.46. The summed E-state index contributed by atoms with van der Waals surface area (Å²) in [5, 5.41) is 19.2. The number of para-hydroxylation sites is 1. The molecule has 0 bridgehead atoms. The molecule has 0 aromatic heterocycles. The van der Waals surface area contributed by atoms with Crippen LogP contribution < -0.4 is 15.6 Å². The van der Waals surface area contributed by atoms with E-state index in [9.17, 15) is 19.7 Å². The number of nitrogens with zero attached hydrogens (tertiary/aromatic N) is 3. The van der Waals surface area contributed by atoms with Gasteiger partial charge in [0.05, 0.1) is 16.7 Å². The SMILES string of the molecule is O=C(NN=Cc1ccccc1OC(=O)c1ccc([N+](=O)[O-])cc1)C1=NNC(c2ccccc2)(c2ccccc2)C1. The van der Waals surface area contributed by atoms with Crippen molar-refractivity contribution in [1.82, 2.24) is 10.9 Å². The van der Waals surface area contributed by atoms with Crippen LogP contribution in [0.15, 0.2) is 119 Å². The van der Waals surface area contributed by atoms with E-state index in [4.69, 9.17) is 4.74 Å². The summed E-state index contributed by atoms with van der Waals surface area (Å²) in [6.07, 6.45) is 1.67. The van der Waals surface area contributed by atoms with Gasteiger partial charge in [-0.05, 0) is 35.4 Å². The van der Waals surface area contributed by atoms with Crippen LogP contribution in [0, 0.1) is 10.1 Å². The van der Waals surface area contributed by atoms with Gasteiger partial charge in [0.2, 0.25) is 0 Å². The van der Waals surface area contributed by atoms with E-state index < -0.39 is 22.3 Å². The molecule has 40 heavy (non-hydrogen) atoms. The van der Waals surface area contributed by atoms with Crippen LogP contribution in [-0.2, 0) is 10.3 Å². The van der Waals surface area contributed by atoms with Crippen molar-refractivity contribution in [3.63, 3.8) is 0 Å². The minimum absolute atomic E-state index is 0.133. The van der Waals surface area contributed by atoms with Gasteiger partial charge in [-0.2, -0.15) is 10.2 Å². The molecule has 0 saturated carbocycles. The maximum Gasteiger partial charge on any atom is 0.343 e. The zero-order chi connectivity index (χ0) is 28.0. The number of hydrogen-bond donors (Lipinski definition) is 2. The summed E-state index contributed by atoms with van der Waals surface area (Å²) in [6, 6.07) is 31.3. The second kappa shape index (κ2) is 11.4. The first-order valence-electron chi connectivity index (χ1n) is 12.3. The van der Waals surface area contributed by atoms with E-state index in [1.54, 1.807) is 24.3 Å². The van der Waals surface area contributed by atoms with Gasteiger partial charge in [-0.3, -0.25) is 20.3 Å². The van der Waals surface area contributed by atoms with Crippen molar-refractivity contribution in [2.75, 3.05) is 0 Å². The fourth-order valence-electron chi connectivity index (χ4n) is 4.35. The molecule has 0 unspecified atom stereocenters. The largest absolute Gasteiger partial charge is 0.422 e. The van der Waals surface area contributed by atoms with Crippen molar-refractivity contribution in [1.29, 1.82) is 0 Å². The molecule has 0 atom stereocenters. The number of hydrogen-bond acceptors (Lipinski definition) is 8. The topological polar surface area (TPSA) is 135 Å². The number of nitro benzene ring substituents is 1. The van der Waals surface area contributed by atoms with Crippen LogP contribution in [0.2, 0.25) is 0 Å². The number of amides is 1. The molecule has 2 N–H and O–H groups in total. The Morgan fingerprint density at radius 3 is 2.12 bits per heavy atom. The van der Waals surface area contributed by atoms with E-state index in [0.717, 1.165) is 11.1 Å². The fraction of sp³-hybridized carbons (Fsp3) is 0.0667. The normalized spacial score (nSPS) is 13.8. The van der Waals surface area contributed by atoms with Crippen LogP contribution in [-0.4, -0.2) is 28.7 Å². The highest BCUT2D eigenvalue weighted by Gasteiger charge is 2.41. The molecule has 4 aromatic carbocycles. The predicted molar refractivity (Wildman–Crippen MR) is 149 cm³/mol. The monoisotopic (exact) mass is 533 g/mol. The highest BCUT2D eigenvalue weighted by molar-refractivity contribution is 6.39. The van der Waals surface area contributed by atoms with Crippen molar-refractivity contribution in [3.8, 4) is 5.75 Å². The summed E-state index contributed by atoms with van der Waals surface area (Å²) in [5.41, 5.74) is 7.66. The van der Waals surface area contributed by atoms with Gasteiger partial charge in [-0.1, -0.05) is 72.8 Å². The lowest BCUT2D eigenvalue weighted by atomic mass is 9.80. The lowest BCUT2D eigenvalue weighted by molar-refractivity contribution is -0.384. The number of carbonyl (C=O) groups excluding carboxylic acids is 2. The van der Waals surface area contributed by atoms with Crippen molar-refractivity contribution in [2.24, 2.45) is 10.2 Å². The van der Waals surface area contributed by atoms with E-state index in [2.05, 4.69) is 21.1 Å². The third kappa shape index (κ3) is 5.46. The van der Waals surface area contributed by atoms with Gasteiger partial charge in [-0.15, -0.1) is 0 Å². The molecule has 10 nitrogen and oxygen atoms in total. The first kappa shape index (κ1) is 26.0. The molecule has 0 radical (unpaired) electrons. The van der Waals surface area contributed by atoms with Gasteiger partial charge >= 0.3 is 5.97 Å². The van der Waals surface area contributed by atoms with Crippen molar-refractivity contribution >= 4 is 29.5 Å². The van der Waals surface area contributed by atoms with E-state index in [-0.39, 0.29) is 22.7 Å². The summed E-state index contributed by atoms with van der Waals surface area (Å²) in [7, 11) is 0. The number of hydrazone groups is 2. The predicted octanol–water partition coefficient (Wildman–Crippen LogP) is 4.56. The molecule has 0 fully saturated rings. The first-order valence-corrected chi connectivity index (χ1v) is 12.3.